The predicted molar refractivity (Wildman–Crippen MR) is 91.0 cm³/mol. The number of amides is 1. The average molecular weight is 332 g/mol. The Morgan fingerprint density at radius 2 is 2.21 bits per heavy atom. The van der Waals surface area contributed by atoms with Gasteiger partial charge in [0.05, 0.1) is 23.3 Å². The van der Waals surface area contributed by atoms with Crippen molar-refractivity contribution in [3.63, 3.8) is 0 Å². The van der Waals surface area contributed by atoms with Crippen LogP contribution in [-0.2, 0) is 9.47 Å². The van der Waals surface area contributed by atoms with Gasteiger partial charge in [-0.25, -0.2) is 0 Å². The Morgan fingerprint density at radius 1 is 1.38 bits per heavy atom. The van der Waals surface area contributed by atoms with Crippen LogP contribution in [0.15, 0.2) is 12.3 Å². The number of carbonyl (C=O) groups excluding carboxylic acids is 1. The lowest BCUT2D eigenvalue weighted by Crippen LogP contribution is -2.53. The second kappa shape index (κ2) is 6.19. The Labute approximate surface area is 143 Å². The van der Waals surface area contributed by atoms with Crippen molar-refractivity contribution < 1.29 is 14.3 Å². The highest BCUT2D eigenvalue weighted by Gasteiger charge is 2.53. The number of likely N-dealkylation sites (tertiary alicyclic amines) is 1. The first kappa shape index (κ1) is 16.2. The van der Waals surface area contributed by atoms with Gasteiger partial charge in [-0.3, -0.25) is 4.79 Å². The second-order valence-corrected chi connectivity index (χ2v) is 7.72. The van der Waals surface area contributed by atoms with Crippen molar-refractivity contribution >= 4 is 5.91 Å². The number of hydrogen-bond donors (Lipinski definition) is 1. The summed E-state index contributed by atoms with van der Waals surface area (Å²) in [5, 5.41) is 0. The topological polar surface area (TPSA) is 54.6 Å². The number of aromatic nitrogens is 1. The molecule has 1 aromatic rings. The second-order valence-electron chi connectivity index (χ2n) is 7.72. The number of H-pyrrole nitrogens is 1. The number of fused-ring (bicyclic) bond motifs is 1. The number of ether oxygens (including phenoxy) is 2. The van der Waals surface area contributed by atoms with E-state index < -0.39 is 0 Å². The summed E-state index contributed by atoms with van der Waals surface area (Å²) in [7, 11) is 1.80. The number of methoxy groups -OCH3 is 1. The quantitative estimate of drug-likeness (QED) is 0.902. The summed E-state index contributed by atoms with van der Waals surface area (Å²) >= 11 is 0. The van der Waals surface area contributed by atoms with E-state index in [0.717, 1.165) is 56.0 Å². The molecule has 0 radical (unpaired) electrons. The normalized spacial score (nSPS) is 32.8. The van der Waals surface area contributed by atoms with Crippen molar-refractivity contribution in [1.82, 2.24) is 9.88 Å². The van der Waals surface area contributed by atoms with E-state index in [2.05, 4.69) is 4.98 Å². The molecule has 0 spiro atoms. The van der Waals surface area contributed by atoms with Gasteiger partial charge in [0.15, 0.2) is 0 Å². The monoisotopic (exact) mass is 332 g/mol. The maximum Gasteiger partial charge on any atom is 0.256 e. The van der Waals surface area contributed by atoms with E-state index in [4.69, 9.17) is 9.47 Å². The molecule has 0 bridgehead atoms. The van der Waals surface area contributed by atoms with E-state index in [1.54, 1.807) is 7.11 Å². The molecule has 4 rings (SSSR count). The molecule has 0 unspecified atom stereocenters. The van der Waals surface area contributed by atoms with Gasteiger partial charge in [-0.1, -0.05) is 0 Å². The van der Waals surface area contributed by atoms with Crippen molar-refractivity contribution in [2.75, 3.05) is 20.3 Å². The fourth-order valence-corrected chi connectivity index (χ4v) is 4.45. The van der Waals surface area contributed by atoms with Crippen molar-refractivity contribution in [3.8, 4) is 0 Å². The summed E-state index contributed by atoms with van der Waals surface area (Å²) < 4.78 is 12.1. The molecule has 1 N–H and O–H groups in total. The van der Waals surface area contributed by atoms with Crippen molar-refractivity contribution in [3.05, 3.63) is 23.5 Å². The maximum absolute atomic E-state index is 13.0. The zero-order valence-corrected chi connectivity index (χ0v) is 14.7. The summed E-state index contributed by atoms with van der Waals surface area (Å²) in [6, 6.07) is 2.01. The lowest BCUT2D eigenvalue weighted by atomic mass is 9.79. The third-order valence-electron chi connectivity index (χ3n) is 6.25. The van der Waals surface area contributed by atoms with Crippen LogP contribution in [0.1, 0.15) is 54.6 Å². The van der Waals surface area contributed by atoms with Crippen LogP contribution in [0, 0.1) is 12.8 Å². The first-order valence-corrected chi connectivity index (χ1v) is 9.24. The number of nitrogens with zero attached hydrogens (tertiary/aromatic N) is 1. The molecule has 132 valence electrons. The molecule has 2 heterocycles. The number of aryl methyl sites for hydroxylation is 1. The van der Waals surface area contributed by atoms with Crippen LogP contribution >= 0.6 is 0 Å². The average Bonchev–Trinajstić information content (AvgIpc) is 3.21. The first-order chi connectivity index (χ1) is 11.6. The minimum atomic E-state index is -0.181. The molecule has 1 aromatic heterocycles. The van der Waals surface area contributed by atoms with Crippen molar-refractivity contribution in [1.29, 1.82) is 0 Å². The van der Waals surface area contributed by atoms with Crippen molar-refractivity contribution in [2.24, 2.45) is 5.92 Å². The largest absolute Gasteiger partial charge is 0.378 e. The SMILES string of the molecule is CO[C@@]12CC[C@H](OCC3CC3)C[C@@H]1N(C(=O)c1cc[nH]c1C)CC2. The standard InChI is InChI=1S/C19H28N2O3/c1-13-16(6-9-20-13)18(22)21-10-8-19(23-2)7-5-15(11-17(19)21)24-12-14-3-4-14/h6,9,14-15,17,20H,3-5,7-8,10-12H2,1-2H3/t15-,17-,19+/m0/s1. The van der Waals surface area contributed by atoms with E-state index in [1.165, 1.54) is 12.8 Å². The summed E-state index contributed by atoms with van der Waals surface area (Å²) in [6.45, 7) is 3.62. The summed E-state index contributed by atoms with van der Waals surface area (Å²) in [4.78, 5) is 18.2. The molecule has 2 saturated carbocycles. The van der Waals surface area contributed by atoms with Crippen LogP contribution in [0.4, 0.5) is 0 Å². The molecule has 2 aliphatic carbocycles. The Bertz CT molecular complexity index is 610. The Kier molecular flexibility index (Phi) is 4.17. The minimum Gasteiger partial charge on any atom is -0.378 e. The molecule has 1 saturated heterocycles. The molecular formula is C19H28N2O3. The molecule has 3 fully saturated rings. The van der Waals surface area contributed by atoms with Crippen LogP contribution in [-0.4, -0.2) is 53.8 Å². The summed E-state index contributed by atoms with van der Waals surface area (Å²) in [5.74, 6) is 0.906. The molecular weight excluding hydrogens is 304 g/mol. The Morgan fingerprint density at radius 3 is 2.88 bits per heavy atom. The van der Waals surface area contributed by atoms with E-state index in [1.807, 2.05) is 24.1 Å². The fraction of sp³-hybridized carbons (Fsp3) is 0.737. The minimum absolute atomic E-state index is 0.125. The van der Waals surface area contributed by atoms with Gasteiger partial charge in [0.2, 0.25) is 0 Å². The first-order valence-electron chi connectivity index (χ1n) is 9.24. The maximum atomic E-state index is 13.0. The Balaban J connectivity index is 1.50. The summed E-state index contributed by atoms with van der Waals surface area (Å²) in [6.07, 6.45) is 8.59. The highest BCUT2D eigenvalue weighted by atomic mass is 16.5. The van der Waals surface area contributed by atoms with Crippen molar-refractivity contribution in [2.45, 2.75) is 63.2 Å². The molecule has 0 aromatic carbocycles. The lowest BCUT2D eigenvalue weighted by molar-refractivity contribution is -0.0977. The highest BCUT2D eigenvalue weighted by molar-refractivity contribution is 5.95. The number of carbonyl (C=O) groups is 1. The van der Waals surface area contributed by atoms with Gasteiger partial charge in [0.25, 0.3) is 5.91 Å². The molecule has 1 aliphatic heterocycles. The van der Waals surface area contributed by atoms with Gasteiger partial charge >= 0.3 is 0 Å². The van der Waals surface area contributed by atoms with E-state index in [9.17, 15) is 4.79 Å². The van der Waals surface area contributed by atoms with E-state index >= 15 is 0 Å². The highest BCUT2D eigenvalue weighted by Crippen LogP contribution is 2.44. The fourth-order valence-electron chi connectivity index (χ4n) is 4.45. The Hall–Kier alpha value is -1.33. The smallest absolute Gasteiger partial charge is 0.256 e. The lowest BCUT2D eigenvalue weighted by Gasteiger charge is -2.43. The van der Waals surface area contributed by atoms with Crippen LogP contribution in [0.3, 0.4) is 0 Å². The predicted octanol–water partition coefficient (Wildman–Crippen LogP) is 2.90. The van der Waals surface area contributed by atoms with Crippen LogP contribution in [0.2, 0.25) is 0 Å². The zero-order valence-electron chi connectivity index (χ0n) is 14.7. The number of nitrogens with one attached hydrogen (secondary N) is 1. The van der Waals surface area contributed by atoms with Gasteiger partial charge in [0.1, 0.15) is 0 Å². The third kappa shape index (κ3) is 2.78. The van der Waals surface area contributed by atoms with Gasteiger partial charge < -0.3 is 19.4 Å². The molecule has 1 amide bonds. The van der Waals surface area contributed by atoms with E-state index in [0.29, 0.717) is 0 Å². The molecule has 24 heavy (non-hydrogen) atoms. The third-order valence-corrected chi connectivity index (χ3v) is 6.25. The molecule has 3 aliphatic rings. The van der Waals surface area contributed by atoms with E-state index in [-0.39, 0.29) is 23.7 Å². The van der Waals surface area contributed by atoms with Gasteiger partial charge in [-0.05, 0) is 57.4 Å². The molecule has 5 nitrogen and oxygen atoms in total. The van der Waals surface area contributed by atoms with Gasteiger partial charge in [0, 0.05) is 32.2 Å². The van der Waals surface area contributed by atoms with Gasteiger partial charge in [-0.2, -0.15) is 0 Å². The molecule has 3 atom stereocenters. The number of rotatable bonds is 5. The zero-order chi connectivity index (χ0) is 16.7. The number of aromatic amines is 1. The van der Waals surface area contributed by atoms with Crippen LogP contribution in [0.5, 0.6) is 0 Å². The summed E-state index contributed by atoms with van der Waals surface area (Å²) in [5.41, 5.74) is 1.54. The number of hydrogen-bond acceptors (Lipinski definition) is 3. The van der Waals surface area contributed by atoms with Crippen LogP contribution < -0.4 is 0 Å². The molecule has 5 heteroatoms. The van der Waals surface area contributed by atoms with Crippen LogP contribution in [0.25, 0.3) is 0 Å². The van der Waals surface area contributed by atoms with Gasteiger partial charge in [-0.15, -0.1) is 0 Å².